The van der Waals surface area contributed by atoms with Gasteiger partial charge in [-0.3, -0.25) is 4.79 Å². The van der Waals surface area contributed by atoms with E-state index in [1.165, 1.54) is 13.0 Å². The Morgan fingerprint density at radius 3 is 2.39 bits per heavy atom. The number of hydrogen-bond acceptors (Lipinski definition) is 9. The minimum absolute atomic E-state index is 0.00299. The van der Waals surface area contributed by atoms with E-state index in [4.69, 9.17) is 5.26 Å². The van der Waals surface area contributed by atoms with Crippen LogP contribution in [-0.4, -0.2) is 50.9 Å². The third-order valence-corrected chi connectivity index (χ3v) is 5.75. The maximum absolute atomic E-state index is 13.0. The van der Waals surface area contributed by atoms with Gasteiger partial charge in [-0.2, -0.15) is 28.2 Å². The van der Waals surface area contributed by atoms with Crippen molar-refractivity contribution < 1.29 is 44.3 Å². The maximum Gasteiger partial charge on any atom is 0.573 e. The molecule has 1 atom stereocenters. The quantitative estimate of drug-likeness (QED) is 0.470. The lowest BCUT2D eigenvalue weighted by Crippen LogP contribution is -2.30. The highest BCUT2D eigenvalue weighted by Gasteiger charge is 2.47. The van der Waals surface area contributed by atoms with Gasteiger partial charge in [-0.1, -0.05) is 0 Å². The van der Waals surface area contributed by atoms with Gasteiger partial charge in [0.2, 0.25) is 0 Å². The maximum atomic E-state index is 13.0. The monoisotopic (exact) mass is 535 g/mol. The van der Waals surface area contributed by atoms with Gasteiger partial charge in [-0.15, -0.1) is 13.2 Å². The van der Waals surface area contributed by atoms with Crippen molar-refractivity contribution in [2.24, 2.45) is 0 Å². The van der Waals surface area contributed by atoms with Gasteiger partial charge in [0.25, 0.3) is 15.7 Å². The zero-order valence-corrected chi connectivity index (χ0v) is 18.4. The molecule has 3 rings (SSSR count). The van der Waals surface area contributed by atoms with E-state index in [-0.39, 0.29) is 29.5 Å². The molecule has 1 N–H and O–H groups in total. The molecule has 190 valence electrons. The number of ether oxygens (including phenoxy) is 1. The number of amides is 1. The Balaban J connectivity index is 1.97. The van der Waals surface area contributed by atoms with Crippen LogP contribution in [-0.2, 0) is 9.84 Å². The number of aromatic nitrogens is 5. The number of sulfone groups is 1. The average molecular weight is 535 g/mol. The molecule has 1 amide bonds. The molecule has 0 aliphatic rings. The number of halogens is 6. The van der Waals surface area contributed by atoms with Crippen LogP contribution in [0, 0.1) is 11.3 Å². The molecule has 0 saturated carbocycles. The fraction of sp³-hybridized carbons (Fsp3) is 0.222. The molecule has 0 bridgehead atoms. The first-order valence-electron chi connectivity index (χ1n) is 9.28. The van der Waals surface area contributed by atoms with Crippen LogP contribution in [0.5, 0.6) is 5.75 Å². The summed E-state index contributed by atoms with van der Waals surface area (Å²) in [7, 11) is -6.13. The number of carbonyl (C=O) groups is 1. The van der Waals surface area contributed by atoms with Crippen molar-refractivity contribution in [2.45, 2.75) is 29.7 Å². The Morgan fingerprint density at radius 1 is 1.08 bits per heavy atom. The van der Waals surface area contributed by atoms with E-state index in [0.29, 0.717) is 6.07 Å². The number of rotatable bonds is 6. The van der Waals surface area contributed by atoms with Crippen molar-refractivity contribution in [3.8, 4) is 17.6 Å². The standard InChI is InChI=1S/C18H11F6N7O4S/c1-9(15-28-8-29-31(15)14-4-11(6-25)26-7-27-14)30-16(32)10-2-12(35-17(19,20)21)5-13(3-10)36(33,34)18(22,23)24/h2-5,7-9H,1H3,(H,30,32)/t9-/m0/s1. The van der Waals surface area contributed by atoms with Crippen molar-refractivity contribution in [1.29, 1.82) is 5.26 Å². The number of carbonyl (C=O) groups excluding carboxylic acids is 1. The normalized spacial score (nSPS) is 13.1. The number of nitrogens with one attached hydrogen (secondary N) is 1. The highest BCUT2D eigenvalue weighted by Crippen LogP contribution is 2.34. The van der Waals surface area contributed by atoms with Crippen LogP contribution in [0.15, 0.2) is 41.8 Å². The molecule has 2 heterocycles. The molecule has 0 saturated heterocycles. The van der Waals surface area contributed by atoms with E-state index < -0.39 is 49.9 Å². The average Bonchev–Trinajstić information content (AvgIpc) is 3.27. The summed E-state index contributed by atoms with van der Waals surface area (Å²) in [5.41, 5.74) is -6.77. The number of alkyl halides is 6. The van der Waals surface area contributed by atoms with E-state index in [0.717, 1.165) is 17.3 Å². The molecule has 0 unspecified atom stereocenters. The molecule has 0 fully saturated rings. The molecule has 0 aliphatic carbocycles. The van der Waals surface area contributed by atoms with Crippen molar-refractivity contribution >= 4 is 15.7 Å². The molecule has 36 heavy (non-hydrogen) atoms. The van der Waals surface area contributed by atoms with Crippen LogP contribution >= 0.6 is 0 Å². The van der Waals surface area contributed by atoms with Gasteiger partial charge in [0.1, 0.15) is 30.2 Å². The molecule has 18 heteroatoms. The highest BCUT2D eigenvalue weighted by atomic mass is 32.2. The molecule has 11 nitrogen and oxygen atoms in total. The largest absolute Gasteiger partial charge is 0.573 e. The summed E-state index contributed by atoms with van der Waals surface area (Å²) in [6.07, 6.45) is -3.28. The highest BCUT2D eigenvalue weighted by molar-refractivity contribution is 7.92. The Bertz CT molecular complexity index is 1450. The zero-order valence-electron chi connectivity index (χ0n) is 17.5. The third kappa shape index (κ3) is 5.68. The van der Waals surface area contributed by atoms with Gasteiger partial charge in [0.05, 0.1) is 10.9 Å². The van der Waals surface area contributed by atoms with Gasteiger partial charge < -0.3 is 10.1 Å². The van der Waals surface area contributed by atoms with Gasteiger partial charge >= 0.3 is 11.9 Å². The lowest BCUT2D eigenvalue weighted by molar-refractivity contribution is -0.274. The zero-order chi connectivity index (χ0) is 26.9. The number of nitriles is 1. The van der Waals surface area contributed by atoms with E-state index in [1.54, 1.807) is 6.07 Å². The van der Waals surface area contributed by atoms with Crippen molar-refractivity contribution in [1.82, 2.24) is 30.0 Å². The lowest BCUT2D eigenvalue weighted by Gasteiger charge is -2.16. The van der Waals surface area contributed by atoms with Gasteiger partial charge in [-0.05, 0) is 25.1 Å². The number of nitrogens with zero attached hydrogens (tertiary/aromatic N) is 6. The molecule has 3 aromatic rings. The van der Waals surface area contributed by atoms with E-state index in [2.05, 4.69) is 30.1 Å². The molecule has 2 aromatic heterocycles. The first-order chi connectivity index (χ1) is 16.6. The Labute approximate surface area is 197 Å². The van der Waals surface area contributed by atoms with Crippen molar-refractivity contribution in [2.75, 3.05) is 0 Å². The van der Waals surface area contributed by atoms with E-state index >= 15 is 0 Å². The number of hydrogen-bond donors (Lipinski definition) is 1. The molecule has 0 radical (unpaired) electrons. The molecular weight excluding hydrogens is 524 g/mol. The summed E-state index contributed by atoms with van der Waals surface area (Å²) in [5, 5.41) is 15.1. The van der Waals surface area contributed by atoms with Crippen LogP contribution in [0.2, 0.25) is 0 Å². The second-order valence-electron chi connectivity index (χ2n) is 6.79. The van der Waals surface area contributed by atoms with Crippen molar-refractivity contribution in [3.05, 3.63) is 54.0 Å². The summed E-state index contributed by atoms with van der Waals surface area (Å²) in [5.74, 6) is -2.56. The summed E-state index contributed by atoms with van der Waals surface area (Å²) >= 11 is 0. The van der Waals surface area contributed by atoms with Crippen LogP contribution in [0.1, 0.15) is 34.8 Å². The van der Waals surface area contributed by atoms with E-state index in [1.807, 2.05) is 0 Å². The second-order valence-corrected chi connectivity index (χ2v) is 8.73. The fourth-order valence-electron chi connectivity index (χ4n) is 2.77. The second kappa shape index (κ2) is 9.41. The Kier molecular flexibility index (Phi) is 6.88. The predicted octanol–water partition coefficient (Wildman–Crippen LogP) is 2.61. The van der Waals surface area contributed by atoms with Gasteiger partial charge in [0.15, 0.2) is 11.6 Å². The summed E-state index contributed by atoms with van der Waals surface area (Å²) in [4.78, 5) is 22.6. The van der Waals surface area contributed by atoms with Crippen LogP contribution in [0.3, 0.4) is 0 Å². The Morgan fingerprint density at radius 2 is 1.78 bits per heavy atom. The fourth-order valence-corrected chi connectivity index (χ4v) is 3.60. The minimum atomic E-state index is -6.13. The van der Waals surface area contributed by atoms with Crippen LogP contribution in [0.4, 0.5) is 26.3 Å². The van der Waals surface area contributed by atoms with Gasteiger partial charge in [0, 0.05) is 11.6 Å². The van der Waals surface area contributed by atoms with Gasteiger partial charge in [-0.25, -0.2) is 23.4 Å². The van der Waals surface area contributed by atoms with Crippen LogP contribution in [0.25, 0.3) is 5.82 Å². The molecule has 0 aliphatic heterocycles. The molecule has 0 spiro atoms. The third-order valence-electron chi connectivity index (χ3n) is 4.28. The predicted molar refractivity (Wildman–Crippen MR) is 104 cm³/mol. The SMILES string of the molecule is C[C@H](NC(=O)c1cc(OC(F)(F)F)cc(S(=O)(=O)C(F)(F)F)c1)c1ncnn1-c1cc(C#N)ncn1. The first kappa shape index (κ1) is 26.3. The van der Waals surface area contributed by atoms with Crippen LogP contribution < -0.4 is 10.1 Å². The van der Waals surface area contributed by atoms with E-state index in [9.17, 15) is 39.6 Å². The topological polar surface area (TPSA) is 153 Å². The van der Waals surface area contributed by atoms with Crippen molar-refractivity contribution in [3.63, 3.8) is 0 Å². The molecule has 1 aromatic carbocycles. The lowest BCUT2D eigenvalue weighted by atomic mass is 10.2. The minimum Gasteiger partial charge on any atom is -0.406 e. The molecular formula is C18H11F6N7O4S. The first-order valence-corrected chi connectivity index (χ1v) is 10.8. The Hall–Kier alpha value is -4.27. The smallest absolute Gasteiger partial charge is 0.406 e. The summed E-state index contributed by atoms with van der Waals surface area (Å²) in [6, 6.07) is 2.59. The summed E-state index contributed by atoms with van der Waals surface area (Å²) in [6.45, 7) is 1.34. The number of benzene rings is 1. The summed E-state index contributed by atoms with van der Waals surface area (Å²) < 4.78 is 105.